The Bertz CT molecular complexity index is 362. The Kier molecular flexibility index (Phi) is 4.13. The maximum absolute atomic E-state index is 11.6. The van der Waals surface area contributed by atoms with Crippen molar-refractivity contribution < 1.29 is 9.53 Å². The van der Waals surface area contributed by atoms with Crippen LogP contribution in [-0.4, -0.2) is 54.2 Å². The van der Waals surface area contributed by atoms with Crippen LogP contribution in [0.5, 0.6) is 0 Å². The molecule has 100 valence electrons. The molecule has 2 fully saturated rings. The second-order valence-corrected chi connectivity index (χ2v) is 5.05. The number of rotatable bonds is 2. The molecule has 2 aliphatic heterocycles. The number of carbonyl (C=O) groups excluding carboxylic acids is 1. The van der Waals surface area contributed by atoms with Crippen LogP contribution in [0.4, 0.5) is 4.79 Å². The number of hydrogen-bond donors (Lipinski definition) is 0. The predicted octanol–water partition coefficient (Wildman–Crippen LogP) is 1.71. The lowest BCUT2D eigenvalue weighted by Crippen LogP contribution is -2.46. The van der Waals surface area contributed by atoms with Crippen molar-refractivity contribution in [2.75, 3.05) is 32.7 Å². The molecule has 0 aliphatic carbocycles. The van der Waals surface area contributed by atoms with Crippen LogP contribution in [0, 0.1) is 11.8 Å². The first-order chi connectivity index (χ1) is 8.69. The van der Waals surface area contributed by atoms with E-state index in [-0.39, 0.29) is 11.7 Å². The number of nitrogens with zero attached hydrogens (tertiary/aromatic N) is 2. The van der Waals surface area contributed by atoms with Crippen LogP contribution in [0.3, 0.4) is 0 Å². The minimum absolute atomic E-state index is 0.142. The highest BCUT2D eigenvalue weighted by atomic mass is 16.6. The van der Waals surface area contributed by atoms with E-state index in [1.807, 2.05) is 6.92 Å². The zero-order valence-electron chi connectivity index (χ0n) is 11.4. The number of hydrogen-bond acceptors (Lipinski definition) is 3. The maximum Gasteiger partial charge on any atom is 0.410 e. The summed E-state index contributed by atoms with van der Waals surface area (Å²) in [6.07, 6.45) is 2.64. The number of likely N-dealkylation sites (N-methyl/N-ethyl adjacent to an activating group) is 1. The van der Waals surface area contributed by atoms with Gasteiger partial charge in [-0.25, -0.2) is 4.79 Å². The van der Waals surface area contributed by atoms with Crippen molar-refractivity contribution in [2.24, 2.45) is 0 Å². The molecule has 0 saturated carbocycles. The van der Waals surface area contributed by atoms with Crippen LogP contribution in [-0.2, 0) is 4.74 Å². The van der Waals surface area contributed by atoms with Gasteiger partial charge < -0.3 is 9.64 Å². The van der Waals surface area contributed by atoms with E-state index in [0.717, 1.165) is 52.0 Å². The van der Waals surface area contributed by atoms with Gasteiger partial charge in [-0.05, 0) is 6.92 Å². The summed E-state index contributed by atoms with van der Waals surface area (Å²) >= 11 is 0. The summed E-state index contributed by atoms with van der Waals surface area (Å²) in [5.74, 6) is 6.26. The number of likely N-dealkylation sites (tertiary alicyclic amines) is 1. The second-order valence-electron chi connectivity index (χ2n) is 5.05. The largest absolute Gasteiger partial charge is 0.441 e. The molecule has 0 aromatic rings. The molecule has 0 unspecified atom stereocenters. The molecule has 0 atom stereocenters. The Hall–Kier alpha value is -1.21. The summed E-state index contributed by atoms with van der Waals surface area (Å²) in [5, 5.41) is 0. The zero-order valence-corrected chi connectivity index (χ0v) is 11.4. The maximum atomic E-state index is 11.6. The van der Waals surface area contributed by atoms with Crippen molar-refractivity contribution in [3.05, 3.63) is 0 Å². The molecule has 2 rings (SSSR count). The summed E-state index contributed by atoms with van der Waals surface area (Å²) in [6, 6.07) is 0. The van der Waals surface area contributed by atoms with Crippen molar-refractivity contribution in [1.82, 2.24) is 9.80 Å². The lowest BCUT2D eigenvalue weighted by molar-refractivity contribution is 0.00380. The van der Waals surface area contributed by atoms with Gasteiger partial charge >= 0.3 is 6.09 Å². The van der Waals surface area contributed by atoms with Crippen LogP contribution in [0.25, 0.3) is 0 Å². The van der Waals surface area contributed by atoms with E-state index in [1.54, 1.807) is 4.90 Å². The zero-order chi connectivity index (χ0) is 13.0. The van der Waals surface area contributed by atoms with Crippen LogP contribution < -0.4 is 0 Å². The van der Waals surface area contributed by atoms with E-state index in [2.05, 4.69) is 23.7 Å². The first-order valence-corrected chi connectivity index (χ1v) is 6.85. The molecule has 1 amide bonds. The van der Waals surface area contributed by atoms with Gasteiger partial charge in [0.15, 0.2) is 0 Å². The molecule has 18 heavy (non-hydrogen) atoms. The molecule has 0 N–H and O–H groups in total. The molecule has 4 heteroatoms. The molecule has 4 nitrogen and oxygen atoms in total. The lowest BCUT2D eigenvalue weighted by atomic mass is 9.91. The van der Waals surface area contributed by atoms with Crippen LogP contribution >= 0.6 is 0 Å². The lowest BCUT2D eigenvalue weighted by Gasteiger charge is -2.36. The first kappa shape index (κ1) is 13.2. The molecule has 0 aromatic heterocycles. The molecular weight excluding hydrogens is 228 g/mol. The average Bonchev–Trinajstić information content (AvgIpc) is 2.69. The van der Waals surface area contributed by atoms with Gasteiger partial charge in [0.2, 0.25) is 0 Å². The molecule has 0 bridgehead atoms. The molecular formula is C14H22N2O2. The van der Waals surface area contributed by atoms with Crippen LogP contribution in [0.2, 0.25) is 0 Å². The SMILES string of the molecule is CCC#CCN1CCC2(CC1)CN(CC)C(=O)O2. The Labute approximate surface area is 109 Å². The first-order valence-electron chi connectivity index (χ1n) is 6.85. The summed E-state index contributed by atoms with van der Waals surface area (Å²) in [7, 11) is 0. The number of carbonyl (C=O) groups is 1. The van der Waals surface area contributed by atoms with Crippen molar-refractivity contribution in [1.29, 1.82) is 0 Å². The summed E-state index contributed by atoms with van der Waals surface area (Å²) < 4.78 is 5.59. The third kappa shape index (κ3) is 2.78. The standard InChI is InChI=1S/C14H22N2O2/c1-3-5-6-9-15-10-7-14(8-11-15)12-16(4-2)13(17)18-14/h3-4,7-12H2,1-2H3. The predicted molar refractivity (Wildman–Crippen MR) is 70.2 cm³/mol. The topological polar surface area (TPSA) is 32.8 Å². The number of piperidine rings is 1. The summed E-state index contributed by atoms with van der Waals surface area (Å²) in [4.78, 5) is 15.8. The third-order valence-corrected chi connectivity index (χ3v) is 3.79. The normalized spacial score (nSPS) is 22.8. The monoisotopic (exact) mass is 250 g/mol. The molecule has 1 spiro atoms. The molecule has 0 radical (unpaired) electrons. The highest BCUT2D eigenvalue weighted by molar-refractivity contribution is 5.70. The van der Waals surface area contributed by atoms with Crippen molar-refractivity contribution in [2.45, 2.75) is 38.7 Å². The van der Waals surface area contributed by atoms with Crippen molar-refractivity contribution in [3.8, 4) is 11.8 Å². The fourth-order valence-electron chi connectivity index (χ4n) is 2.61. The highest BCUT2D eigenvalue weighted by Gasteiger charge is 2.46. The number of ether oxygens (including phenoxy) is 1. The van der Waals surface area contributed by atoms with Gasteiger partial charge in [-0.1, -0.05) is 12.8 Å². The number of amides is 1. The quantitative estimate of drug-likeness (QED) is 0.699. The summed E-state index contributed by atoms with van der Waals surface area (Å²) in [5.41, 5.74) is -0.220. The smallest absolute Gasteiger partial charge is 0.410 e. The molecule has 2 heterocycles. The van der Waals surface area contributed by atoms with Crippen molar-refractivity contribution >= 4 is 6.09 Å². The minimum atomic E-state index is -0.220. The van der Waals surface area contributed by atoms with Gasteiger partial charge in [0, 0.05) is 38.9 Å². The van der Waals surface area contributed by atoms with E-state index in [9.17, 15) is 4.79 Å². The van der Waals surface area contributed by atoms with E-state index in [0.29, 0.717) is 0 Å². The Balaban J connectivity index is 1.85. The molecule has 2 saturated heterocycles. The van der Waals surface area contributed by atoms with Gasteiger partial charge in [0.1, 0.15) is 5.60 Å². The average molecular weight is 250 g/mol. The van der Waals surface area contributed by atoms with E-state index >= 15 is 0 Å². The second kappa shape index (κ2) is 5.62. The summed E-state index contributed by atoms with van der Waals surface area (Å²) in [6.45, 7) is 8.36. The highest BCUT2D eigenvalue weighted by Crippen LogP contribution is 2.32. The minimum Gasteiger partial charge on any atom is -0.441 e. The van der Waals surface area contributed by atoms with Gasteiger partial charge in [0.25, 0.3) is 0 Å². The molecule has 0 aromatic carbocycles. The van der Waals surface area contributed by atoms with Gasteiger partial charge in [-0.3, -0.25) is 4.90 Å². The van der Waals surface area contributed by atoms with E-state index in [1.165, 1.54) is 0 Å². The van der Waals surface area contributed by atoms with E-state index in [4.69, 9.17) is 4.74 Å². The third-order valence-electron chi connectivity index (χ3n) is 3.79. The van der Waals surface area contributed by atoms with Gasteiger partial charge in [-0.15, -0.1) is 5.92 Å². The fraction of sp³-hybridized carbons (Fsp3) is 0.786. The van der Waals surface area contributed by atoms with Gasteiger partial charge in [0.05, 0.1) is 13.1 Å². The Morgan fingerprint density at radius 2 is 2.00 bits per heavy atom. The van der Waals surface area contributed by atoms with Crippen LogP contribution in [0.1, 0.15) is 33.1 Å². The van der Waals surface area contributed by atoms with Crippen LogP contribution in [0.15, 0.2) is 0 Å². The Morgan fingerprint density at radius 1 is 1.28 bits per heavy atom. The molecule has 2 aliphatic rings. The van der Waals surface area contributed by atoms with Gasteiger partial charge in [-0.2, -0.15) is 0 Å². The van der Waals surface area contributed by atoms with E-state index < -0.39 is 0 Å². The fourth-order valence-corrected chi connectivity index (χ4v) is 2.61. The Morgan fingerprint density at radius 3 is 2.56 bits per heavy atom. The van der Waals surface area contributed by atoms with Crippen molar-refractivity contribution in [3.63, 3.8) is 0 Å².